The van der Waals surface area contributed by atoms with Gasteiger partial charge in [0.25, 0.3) is 5.91 Å². The summed E-state index contributed by atoms with van der Waals surface area (Å²) < 4.78 is 0. The molecule has 1 fully saturated rings. The van der Waals surface area contributed by atoms with E-state index in [4.69, 9.17) is 11.6 Å². The van der Waals surface area contributed by atoms with Gasteiger partial charge in [-0.2, -0.15) is 11.3 Å². The molecule has 136 valence electrons. The van der Waals surface area contributed by atoms with E-state index in [9.17, 15) is 9.59 Å². The third-order valence-corrected chi connectivity index (χ3v) is 5.64. The third kappa shape index (κ3) is 3.24. The first-order valence-corrected chi connectivity index (χ1v) is 9.85. The number of carbonyl (C=O) groups is 2. The zero-order valence-electron chi connectivity index (χ0n) is 14.6. The number of anilines is 2. The van der Waals surface area contributed by atoms with Crippen LogP contribution in [-0.4, -0.2) is 18.4 Å². The van der Waals surface area contributed by atoms with Gasteiger partial charge < -0.3 is 4.90 Å². The highest BCUT2D eigenvalue weighted by Gasteiger charge is 2.42. The summed E-state index contributed by atoms with van der Waals surface area (Å²) >= 11 is 7.50. The number of hydrogen-bond donors (Lipinski definition) is 0. The average molecular weight is 397 g/mol. The summed E-state index contributed by atoms with van der Waals surface area (Å²) in [6, 6.07) is 15.8. The summed E-state index contributed by atoms with van der Waals surface area (Å²) in [5.74, 6) is -0.242. The first kappa shape index (κ1) is 17.8. The Hall–Kier alpha value is -2.63. The predicted octanol–water partition coefficient (Wildman–Crippen LogP) is 4.83. The van der Waals surface area contributed by atoms with Crippen LogP contribution in [0.1, 0.15) is 17.2 Å². The molecular formula is C21H17ClN2O2S. The van der Waals surface area contributed by atoms with Gasteiger partial charge in [-0.05, 0) is 65.2 Å². The number of hydrogen-bond acceptors (Lipinski definition) is 3. The fraction of sp³-hybridized carbons (Fsp3) is 0.143. The zero-order valence-corrected chi connectivity index (χ0v) is 16.2. The van der Waals surface area contributed by atoms with Crippen molar-refractivity contribution in [1.29, 1.82) is 0 Å². The molecule has 1 atom stereocenters. The van der Waals surface area contributed by atoms with Gasteiger partial charge >= 0.3 is 0 Å². The molecule has 4 rings (SSSR count). The Kier molecular flexibility index (Phi) is 4.72. The van der Waals surface area contributed by atoms with Crippen molar-refractivity contribution in [2.24, 2.45) is 0 Å². The molecule has 1 aromatic heterocycles. The van der Waals surface area contributed by atoms with E-state index >= 15 is 0 Å². The van der Waals surface area contributed by atoms with Gasteiger partial charge in [-0.15, -0.1) is 0 Å². The van der Waals surface area contributed by atoms with Crippen molar-refractivity contribution in [3.8, 4) is 0 Å². The normalized spacial score (nSPS) is 17.5. The molecule has 0 radical (unpaired) electrons. The van der Waals surface area contributed by atoms with Crippen molar-refractivity contribution in [1.82, 2.24) is 0 Å². The lowest BCUT2D eigenvalue weighted by molar-refractivity contribution is -0.128. The van der Waals surface area contributed by atoms with Crippen molar-refractivity contribution >= 4 is 46.1 Å². The second-order valence-electron chi connectivity index (χ2n) is 6.41. The van der Waals surface area contributed by atoms with E-state index in [0.29, 0.717) is 10.7 Å². The zero-order chi connectivity index (χ0) is 19.0. The molecule has 2 heterocycles. The summed E-state index contributed by atoms with van der Waals surface area (Å²) in [4.78, 5) is 29.8. The van der Waals surface area contributed by atoms with Gasteiger partial charge in [0.05, 0.1) is 0 Å². The van der Waals surface area contributed by atoms with Crippen LogP contribution in [0.4, 0.5) is 11.4 Å². The monoisotopic (exact) mass is 396 g/mol. The standard InChI is InChI=1S/C21H17ClN2O2S/c1-14-4-2-3-5-18(14)23-12-19(25)24(17-8-6-16(22)7-9-17)20(21(23)26)15-10-11-27-13-15/h2-11,13,20H,12H2,1H3. The molecule has 1 unspecified atom stereocenters. The second kappa shape index (κ2) is 7.18. The van der Waals surface area contributed by atoms with Crippen LogP contribution >= 0.6 is 22.9 Å². The van der Waals surface area contributed by atoms with Gasteiger partial charge in [0.2, 0.25) is 5.91 Å². The van der Waals surface area contributed by atoms with Crippen molar-refractivity contribution in [3.63, 3.8) is 0 Å². The number of benzene rings is 2. The van der Waals surface area contributed by atoms with Crippen molar-refractivity contribution in [2.45, 2.75) is 13.0 Å². The molecule has 1 aliphatic heterocycles. The van der Waals surface area contributed by atoms with E-state index in [2.05, 4.69) is 0 Å². The van der Waals surface area contributed by atoms with Crippen LogP contribution in [0.5, 0.6) is 0 Å². The van der Waals surface area contributed by atoms with Crippen LogP contribution < -0.4 is 9.80 Å². The number of rotatable bonds is 3. The highest BCUT2D eigenvalue weighted by atomic mass is 35.5. The Bertz CT molecular complexity index is 986. The fourth-order valence-corrected chi connectivity index (χ4v) is 4.18. The number of para-hydroxylation sites is 1. The van der Waals surface area contributed by atoms with Gasteiger partial charge in [0.15, 0.2) is 0 Å². The maximum Gasteiger partial charge on any atom is 0.255 e. The number of aryl methyl sites for hydroxylation is 1. The van der Waals surface area contributed by atoms with Gasteiger partial charge in [-0.1, -0.05) is 29.8 Å². The first-order chi connectivity index (χ1) is 13.1. The maximum absolute atomic E-state index is 13.5. The van der Waals surface area contributed by atoms with Crippen LogP contribution in [0.15, 0.2) is 65.4 Å². The minimum absolute atomic E-state index is 0.00690. The third-order valence-electron chi connectivity index (χ3n) is 4.69. The summed E-state index contributed by atoms with van der Waals surface area (Å²) in [6.45, 7) is 1.95. The Balaban J connectivity index is 1.80. The van der Waals surface area contributed by atoms with E-state index in [1.807, 2.05) is 48.0 Å². The Morgan fingerprint density at radius 2 is 1.78 bits per heavy atom. The Morgan fingerprint density at radius 3 is 2.44 bits per heavy atom. The lowest BCUT2D eigenvalue weighted by Crippen LogP contribution is -2.56. The van der Waals surface area contributed by atoms with E-state index in [1.54, 1.807) is 34.1 Å². The Labute approximate surface area is 166 Å². The largest absolute Gasteiger partial charge is 0.301 e. The summed E-state index contributed by atoms with van der Waals surface area (Å²) in [5, 5.41) is 4.42. The maximum atomic E-state index is 13.5. The van der Waals surface area contributed by atoms with E-state index < -0.39 is 6.04 Å². The lowest BCUT2D eigenvalue weighted by Gasteiger charge is -2.40. The highest BCUT2D eigenvalue weighted by molar-refractivity contribution is 7.08. The van der Waals surface area contributed by atoms with E-state index in [-0.39, 0.29) is 18.4 Å². The predicted molar refractivity (Wildman–Crippen MR) is 110 cm³/mol. The van der Waals surface area contributed by atoms with Crippen molar-refractivity contribution < 1.29 is 9.59 Å². The molecule has 0 bridgehead atoms. The number of amides is 2. The number of piperazine rings is 1. The minimum atomic E-state index is -0.696. The van der Waals surface area contributed by atoms with Crippen molar-refractivity contribution in [2.75, 3.05) is 16.3 Å². The first-order valence-electron chi connectivity index (χ1n) is 8.53. The quantitative estimate of drug-likeness (QED) is 0.636. The molecule has 1 aliphatic rings. The number of halogens is 1. The van der Waals surface area contributed by atoms with Crippen molar-refractivity contribution in [3.05, 3.63) is 81.5 Å². The van der Waals surface area contributed by atoms with Crippen LogP contribution in [-0.2, 0) is 9.59 Å². The molecule has 2 amide bonds. The van der Waals surface area contributed by atoms with E-state index in [1.165, 1.54) is 11.3 Å². The molecular weight excluding hydrogens is 380 g/mol. The lowest BCUT2D eigenvalue weighted by atomic mass is 10.0. The van der Waals surface area contributed by atoms with Crippen LogP contribution in [0.25, 0.3) is 0 Å². The molecule has 27 heavy (non-hydrogen) atoms. The second-order valence-corrected chi connectivity index (χ2v) is 7.63. The topological polar surface area (TPSA) is 40.6 Å². The molecule has 4 nitrogen and oxygen atoms in total. The molecule has 0 aliphatic carbocycles. The molecule has 0 spiro atoms. The van der Waals surface area contributed by atoms with E-state index in [0.717, 1.165) is 16.8 Å². The van der Waals surface area contributed by atoms with Gasteiger partial charge in [0, 0.05) is 16.4 Å². The molecule has 3 aromatic rings. The van der Waals surface area contributed by atoms with Gasteiger partial charge in [-0.25, -0.2) is 0 Å². The van der Waals surface area contributed by atoms with Gasteiger partial charge in [0.1, 0.15) is 12.6 Å². The summed E-state index contributed by atoms with van der Waals surface area (Å²) in [6.07, 6.45) is 0. The van der Waals surface area contributed by atoms with Crippen LogP contribution in [0, 0.1) is 6.92 Å². The number of nitrogens with zero attached hydrogens (tertiary/aromatic N) is 2. The van der Waals surface area contributed by atoms with Gasteiger partial charge in [-0.3, -0.25) is 14.5 Å². The SMILES string of the molecule is Cc1ccccc1N1CC(=O)N(c2ccc(Cl)cc2)C(c2ccsc2)C1=O. The van der Waals surface area contributed by atoms with Crippen LogP contribution in [0.2, 0.25) is 5.02 Å². The average Bonchev–Trinajstić information content (AvgIpc) is 3.19. The number of thiophene rings is 1. The Morgan fingerprint density at radius 1 is 1.04 bits per heavy atom. The summed E-state index contributed by atoms with van der Waals surface area (Å²) in [7, 11) is 0. The molecule has 0 N–H and O–H groups in total. The molecule has 6 heteroatoms. The minimum Gasteiger partial charge on any atom is -0.301 e. The molecule has 0 saturated carbocycles. The molecule has 1 saturated heterocycles. The summed E-state index contributed by atoms with van der Waals surface area (Å²) in [5.41, 5.74) is 3.21. The van der Waals surface area contributed by atoms with Crippen LogP contribution in [0.3, 0.4) is 0 Å². The number of carbonyl (C=O) groups excluding carboxylic acids is 2. The fourth-order valence-electron chi connectivity index (χ4n) is 3.38. The highest BCUT2D eigenvalue weighted by Crippen LogP contribution is 2.36. The smallest absolute Gasteiger partial charge is 0.255 e. The molecule has 2 aromatic carbocycles.